The highest BCUT2D eigenvalue weighted by Crippen LogP contribution is 2.64. The van der Waals surface area contributed by atoms with Gasteiger partial charge in [-0.3, -0.25) is 4.79 Å². The number of ketones is 1. The smallest absolute Gasteiger partial charge is 0.139 e. The highest BCUT2D eigenvalue weighted by atomic mass is 16.3. The van der Waals surface area contributed by atoms with Crippen molar-refractivity contribution in [1.29, 1.82) is 0 Å². The molecule has 4 aliphatic rings. The standard InChI is InChI=1S/C16H18O4/c17-11-5-1-3-9-13(11)16(20)8-7-15(9,19)10-4-2-6-12(18)14(10)16/h1,3,5,10,14,17,19-20H,2,4,6-8H2. The number of hydrogen-bond acceptors (Lipinski definition) is 4. The second-order valence-electron chi connectivity index (χ2n) is 6.49. The second-order valence-corrected chi connectivity index (χ2v) is 6.49. The van der Waals surface area contributed by atoms with E-state index in [9.17, 15) is 20.1 Å². The van der Waals surface area contributed by atoms with E-state index in [0.29, 0.717) is 30.4 Å². The first-order valence-electron chi connectivity index (χ1n) is 7.29. The van der Waals surface area contributed by atoms with E-state index in [1.165, 1.54) is 6.07 Å². The lowest BCUT2D eigenvalue weighted by molar-refractivity contribution is -0.204. The highest BCUT2D eigenvalue weighted by molar-refractivity contribution is 5.85. The molecule has 4 heteroatoms. The van der Waals surface area contributed by atoms with E-state index in [0.717, 1.165) is 12.8 Å². The lowest BCUT2D eigenvalue weighted by atomic mass is 9.48. The minimum absolute atomic E-state index is 0.0139. The molecule has 0 spiro atoms. The minimum atomic E-state index is -1.31. The Hall–Kier alpha value is -1.39. The highest BCUT2D eigenvalue weighted by Gasteiger charge is 2.65. The van der Waals surface area contributed by atoms with Crippen molar-refractivity contribution >= 4 is 5.78 Å². The van der Waals surface area contributed by atoms with Crippen molar-refractivity contribution in [1.82, 2.24) is 0 Å². The number of phenolic OH excluding ortho intramolecular Hbond substituents is 1. The van der Waals surface area contributed by atoms with Crippen molar-refractivity contribution in [3.63, 3.8) is 0 Å². The summed E-state index contributed by atoms with van der Waals surface area (Å²) in [5.41, 5.74) is -1.40. The Bertz CT molecular complexity index is 610. The molecule has 4 nitrogen and oxygen atoms in total. The summed E-state index contributed by atoms with van der Waals surface area (Å²) in [5.74, 6) is -0.789. The Morgan fingerprint density at radius 2 is 1.90 bits per heavy atom. The molecule has 4 aliphatic carbocycles. The zero-order valence-corrected chi connectivity index (χ0v) is 11.2. The molecule has 5 rings (SSSR count). The van der Waals surface area contributed by atoms with Gasteiger partial charge in [0.15, 0.2) is 0 Å². The normalized spacial score (nSPS) is 42.2. The quantitative estimate of drug-likeness (QED) is 0.671. The predicted molar refractivity (Wildman–Crippen MR) is 71.0 cm³/mol. The van der Waals surface area contributed by atoms with E-state index in [4.69, 9.17) is 0 Å². The number of Topliss-reactive ketones (excluding diaryl/α,β-unsaturated/α-hetero) is 1. The third kappa shape index (κ3) is 1.22. The fourth-order valence-corrected chi connectivity index (χ4v) is 4.85. The van der Waals surface area contributed by atoms with E-state index in [1.807, 2.05) is 0 Å². The zero-order chi connectivity index (χ0) is 14.1. The van der Waals surface area contributed by atoms with Gasteiger partial charge in [-0.15, -0.1) is 0 Å². The van der Waals surface area contributed by atoms with Gasteiger partial charge in [0.05, 0.1) is 11.5 Å². The first kappa shape index (κ1) is 12.4. The second kappa shape index (κ2) is 3.62. The Morgan fingerprint density at radius 3 is 2.70 bits per heavy atom. The molecule has 4 unspecified atom stereocenters. The number of carbonyl (C=O) groups is 1. The predicted octanol–water partition coefficient (Wildman–Crippen LogP) is 1.56. The van der Waals surface area contributed by atoms with Gasteiger partial charge in [0.25, 0.3) is 0 Å². The number of aromatic hydroxyl groups is 1. The van der Waals surface area contributed by atoms with E-state index in [-0.39, 0.29) is 17.5 Å². The number of aliphatic hydroxyl groups is 2. The zero-order valence-electron chi connectivity index (χ0n) is 11.2. The van der Waals surface area contributed by atoms with Crippen LogP contribution in [0, 0.1) is 11.8 Å². The maximum atomic E-state index is 12.3. The van der Waals surface area contributed by atoms with Crippen molar-refractivity contribution < 1.29 is 20.1 Å². The van der Waals surface area contributed by atoms with Crippen molar-refractivity contribution in [3.8, 4) is 5.75 Å². The van der Waals surface area contributed by atoms with E-state index in [1.54, 1.807) is 12.1 Å². The van der Waals surface area contributed by atoms with E-state index >= 15 is 0 Å². The third-order valence-electron chi connectivity index (χ3n) is 5.64. The van der Waals surface area contributed by atoms with Gasteiger partial charge >= 0.3 is 0 Å². The van der Waals surface area contributed by atoms with Crippen molar-refractivity contribution in [2.45, 2.75) is 43.3 Å². The van der Waals surface area contributed by atoms with Gasteiger partial charge in [0.1, 0.15) is 17.1 Å². The van der Waals surface area contributed by atoms with Crippen LogP contribution < -0.4 is 0 Å². The van der Waals surface area contributed by atoms with Gasteiger partial charge in [-0.2, -0.15) is 0 Å². The molecule has 0 aliphatic heterocycles. The molecule has 1 aromatic carbocycles. The summed E-state index contributed by atoms with van der Waals surface area (Å²) in [6.45, 7) is 0. The molecule has 0 radical (unpaired) electrons. The Morgan fingerprint density at radius 1 is 1.15 bits per heavy atom. The number of rotatable bonds is 0. The lowest BCUT2D eigenvalue weighted by Gasteiger charge is -2.59. The van der Waals surface area contributed by atoms with Crippen LogP contribution in [0.5, 0.6) is 5.75 Å². The number of carbonyl (C=O) groups excluding carboxylic acids is 1. The maximum Gasteiger partial charge on any atom is 0.139 e. The molecule has 0 heterocycles. The molecule has 106 valence electrons. The molecule has 0 aromatic heterocycles. The fraction of sp³-hybridized carbons (Fsp3) is 0.562. The van der Waals surface area contributed by atoms with E-state index in [2.05, 4.69) is 0 Å². The van der Waals surface area contributed by atoms with Crippen molar-refractivity contribution in [2.75, 3.05) is 0 Å². The largest absolute Gasteiger partial charge is 0.508 e. The van der Waals surface area contributed by atoms with Crippen LogP contribution in [0.1, 0.15) is 43.2 Å². The first-order chi connectivity index (χ1) is 9.48. The Labute approximate surface area is 117 Å². The average Bonchev–Trinajstić information content (AvgIpc) is 2.42. The summed E-state index contributed by atoms with van der Waals surface area (Å²) in [5, 5.41) is 32.4. The van der Waals surface area contributed by atoms with Crippen LogP contribution in [0.3, 0.4) is 0 Å². The summed E-state index contributed by atoms with van der Waals surface area (Å²) >= 11 is 0. The first-order valence-corrected chi connectivity index (χ1v) is 7.29. The molecule has 4 atom stereocenters. The molecule has 0 amide bonds. The number of fused-ring (bicyclic) bond motifs is 1. The maximum absolute atomic E-state index is 12.3. The van der Waals surface area contributed by atoms with Crippen LogP contribution in [0.25, 0.3) is 0 Å². The summed E-state index contributed by atoms with van der Waals surface area (Å²) < 4.78 is 0. The van der Waals surface area contributed by atoms with Crippen molar-refractivity contribution in [2.24, 2.45) is 11.8 Å². The monoisotopic (exact) mass is 274 g/mol. The molecule has 0 saturated heterocycles. The van der Waals surface area contributed by atoms with Crippen molar-refractivity contribution in [3.05, 3.63) is 29.3 Å². The molecule has 2 fully saturated rings. The topological polar surface area (TPSA) is 77.8 Å². The summed E-state index contributed by atoms with van der Waals surface area (Å²) in [6.07, 6.45) is 2.77. The Kier molecular flexibility index (Phi) is 2.24. The van der Waals surface area contributed by atoms with E-state index < -0.39 is 17.1 Å². The average molecular weight is 274 g/mol. The Balaban J connectivity index is 2.03. The molecule has 20 heavy (non-hydrogen) atoms. The molecule has 2 bridgehead atoms. The van der Waals surface area contributed by atoms with Crippen LogP contribution in [-0.4, -0.2) is 21.1 Å². The van der Waals surface area contributed by atoms with Crippen LogP contribution in [0.4, 0.5) is 0 Å². The summed E-state index contributed by atoms with van der Waals surface area (Å²) in [6, 6.07) is 4.98. The number of phenols is 1. The summed E-state index contributed by atoms with van der Waals surface area (Å²) in [7, 11) is 0. The van der Waals surface area contributed by atoms with Crippen LogP contribution >= 0.6 is 0 Å². The molecule has 1 aromatic rings. The van der Waals surface area contributed by atoms with Gasteiger partial charge in [-0.25, -0.2) is 0 Å². The SMILES string of the molecule is O=C1CCCC2C1C1(O)CCC2(O)c2cccc(O)c21. The fourth-order valence-electron chi connectivity index (χ4n) is 4.85. The van der Waals surface area contributed by atoms with Gasteiger partial charge in [-0.05, 0) is 37.3 Å². The summed E-state index contributed by atoms with van der Waals surface area (Å²) in [4.78, 5) is 12.3. The van der Waals surface area contributed by atoms with Crippen LogP contribution in [-0.2, 0) is 16.0 Å². The van der Waals surface area contributed by atoms with Gasteiger partial charge < -0.3 is 15.3 Å². The third-order valence-corrected chi connectivity index (χ3v) is 5.64. The molecule has 3 N–H and O–H groups in total. The van der Waals surface area contributed by atoms with Gasteiger partial charge in [0, 0.05) is 17.9 Å². The lowest BCUT2D eigenvalue weighted by Crippen LogP contribution is -2.62. The number of hydrogen-bond donors (Lipinski definition) is 3. The van der Waals surface area contributed by atoms with Gasteiger partial charge in [0.2, 0.25) is 0 Å². The number of benzene rings is 1. The molecular weight excluding hydrogens is 256 g/mol. The molecular formula is C16H18O4. The minimum Gasteiger partial charge on any atom is -0.508 e. The van der Waals surface area contributed by atoms with Crippen LogP contribution in [0.15, 0.2) is 18.2 Å². The molecule has 2 saturated carbocycles. The van der Waals surface area contributed by atoms with Crippen LogP contribution in [0.2, 0.25) is 0 Å². The van der Waals surface area contributed by atoms with Gasteiger partial charge in [-0.1, -0.05) is 12.1 Å².